The molecule has 0 unspecified atom stereocenters. The molecule has 0 spiro atoms. The first kappa shape index (κ1) is 16.2. The average molecular weight is 282 g/mol. The lowest BCUT2D eigenvalue weighted by molar-refractivity contribution is 0.146. The van der Waals surface area contributed by atoms with Crippen molar-refractivity contribution >= 4 is 5.84 Å². The van der Waals surface area contributed by atoms with Crippen molar-refractivity contribution in [3.05, 3.63) is 34.7 Å². The van der Waals surface area contributed by atoms with Crippen LogP contribution in [0.25, 0.3) is 0 Å². The number of aromatic nitrogens is 1. The van der Waals surface area contributed by atoms with E-state index in [1.165, 1.54) is 6.07 Å². The van der Waals surface area contributed by atoms with Gasteiger partial charge >= 0.3 is 0 Å². The van der Waals surface area contributed by atoms with Crippen LogP contribution >= 0.6 is 0 Å². The summed E-state index contributed by atoms with van der Waals surface area (Å²) in [6, 6.07) is 5.09. The Morgan fingerprint density at radius 1 is 1.45 bits per heavy atom. The topological polar surface area (TPSA) is 93.1 Å². The zero-order valence-electron chi connectivity index (χ0n) is 11.7. The van der Waals surface area contributed by atoms with Gasteiger partial charge in [0.1, 0.15) is 5.84 Å². The largest absolute Gasteiger partial charge is 0.409 e. The molecule has 0 saturated carbocycles. The SMILES string of the molecule is COCCN(CC/C(N)=N/O)CCn1ccccc1=O. The van der Waals surface area contributed by atoms with Gasteiger partial charge < -0.3 is 20.2 Å². The highest BCUT2D eigenvalue weighted by atomic mass is 16.5. The minimum absolute atomic E-state index is 0.0179. The molecule has 0 aromatic carbocycles. The number of ether oxygens (including phenoxy) is 1. The molecule has 0 atom stereocenters. The Bertz CT molecular complexity index is 473. The van der Waals surface area contributed by atoms with Gasteiger partial charge in [0.05, 0.1) is 6.61 Å². The molecular formula is C13H22N4O3. The number of amidine groups is 1. The molecule has 0 aliphatic carbocycles. The second-order valence-corrected chi connectivity index (χ2v) is 4.41. The summed E-state index contributed by atoms with van der Waals surface area (Å²) in [6.45, 7) is 3.28. The first-order chi connectivity index (χ1) is 9.67. The van der Waals surface area contributed by atoms with Crippen molar-refractivity contribution < 1.29 is 9.94 Å². The van der Waals surface area contributed by atoms with E-state index in [1.807, 2.05) is 6.07 Å². The third-order valence-corrected chi connectivity index (χ3v) is 2.98. The standard InChI is InChI=1S/C13H22N4O3/c1-20-11-10-16(7-5-12(14)15-19)8-9-17-6-3-2-4-13(17)18/h2-4,6,19H,5,7-11H2,1H3,(H2,14,15). The highest BCUT2D eigenvalue weighted by Crippen LogP contribution is 1.94. The second-order valence-electron chi connectivity index (χ2n) is 4.41. The van der Waals surface area contributed by atoms with Gasteiger partial charge in [0.2, 0.25) is 0 Å². The number of pyridine rings is 1. The van der Waals surface area contributed by atoms with Crippen molar-refractivity contribution in [2.45, 2.75) is 13.0 Å². The fraction of sp³-hybridized carbons (Fsp3) is 0.538. The van der Waals surface area contributed by atoms with Crippen molar-refractivity contribution in [3.8, 4) is 0 Å². The van der Waals surface area contributed by atoms with E-state index in [0.717, 1.165) is 6.54 Å². The van der Waals surface area contributed by atoms with E-state index < -0.39 is 0 Å². The summed E-state index contributed by atoms with van der Waals surface area (Å²) in [4.78, 5) is 13.7. The summed E-state index contributed by atoms with van der Waals surface area (Å²) in [6.07, 6.45) is 2.24. The van der Waals surface area contributed by atoms with E-state index >= 15 is 0 Å². The number of hydrogen-bond donors (Lipinski definition) is 2. The van der Waals surface area contributed by atoms with Crippen LogP contribution in [0.5, 0.6) is 0 Å². The van der Waals surface area contributed by atoms with Gasteiger partial charge in [0.15, 0.2) is 0 Å². The van der Waals surface area contributed by atoms with E-state index in [-0.39, 0.29) is 11.4 Å². The molecule has 0 fully saturated rings. The van der Waals surface area contributed by atoms with Crippen molar-refractivity contribution in [2.75, 3.05) is 33.4 Å². The Morgan fingerprint density at radius 2 is 2.25 bits per heavy atom. The van der Waals surface area contributed by atoms with Crippen LogP contribution in [-0.2, 0) is 11.3 Å². The number of oxime groups is 1. The van der Waals surface area contributed by atoms with E-state index in [1.54, 1.807) is 23.9 Å². The van der Waals surface area contributed by atoms with Crippen LogP contribution in [0.4, 0.5) is 0 Å². The predicted octanol–water partition coefficient (Wildman–Crippen LogP) is -0.0668. The molecule has 0 bridgehead atoms. The van der Waals surface area contributed by atoms with E-state index in [0.29, 0.717) is 32.7 Å². The molecule has 0 saturated heterocycles. The Balaban J connectivity index is 2.51. The normalized spacial score (nSPS) is 12.0. The molecule has 0 amide bonds. The number of nitrogens with zero attached hydrogens (tertiary/aromatic N) is 3. The van der Waals surface area contributed by atoms with Crippen LogP contribution < -0.4 is 11.3 Å². The maximum absolute atomic E-state index is 11.6. The van der Waals surface area contributed by atoms with Gasteiger partial charge in [0.25, 0.3) is 5.56 Å². The van der Waals surface area contributed by atoms with Crippen LogP contribution in [0, 0.1) is 0 Å². The molecule has 3 N–H and O–H groups in total. The molecule has 20 heavy (non-hydrogen) atoms. The molecule has 0 radical (unpaired) electrons. The smallest absolute Gasteiger partial charge is 0.250 e. The van der Waals surface area contributed by atoms with Gasteiger partial charge in [-0.2, -0.15) is 0 Å². The fourth-order valence-corrected chi connectivity index (χ4v) is 1.77. The van der Waals surface area contributed by atoms with Gasteiger partial charge in [-0.1, -0.05) is 11.2 Å². The Kier molecular flexibility index (Phi) is 7.38. The third kappa shape index (κ3) is 5.85. The van der Waals surface area contributed by atoms with Crippen LogP contribution in [0.1, 0.15) is 6.42 Å². The van der Waals surface area contributed by atoms with Gasteiger partial charge in [0, 0.05) is 52.0 Å². The molecule has 1 rings (SSSR count). The van der Waals surface area contributed by atoms with Crippen molar-refractivity contribution in [3.63, 3.8) is 0 Å². The zero-order valence-corrected chi connectivity index (χ0v) is 11.7. The number of nitrogens with two attached hydrogens (primary N) is 1. The Morgan fingerprint density at radius 3 is 2.90 bits per heavy atom. The summed E-state index contributed by atoms with van der Waals surface area (Å²) in [5.74, 6) is 0.198. The lowest BCUT2D eigenvalue weighted by atomic mass is 10.3. The maximum Gasteiger partial charge on any atom is 0.250 e. The quantitative estimate of drug-likeness (QED) is 0.286. The summed E-state index contributed by atoms with van der Waals surface area (Å²) in [5, 5.41) is 11.5. The van der Waals surface area contributed by atoms with Crippen molar-refractivity contribution in [1.82, 2.24) is 9.47 Å². The maximum atomic E-state index is 11.6. The minimum Gasteiger partial charge on any atom is -0.409 e. The number of methoxy groups -OCH3 is 1. The molecule has 7 nitrogen and oxygen atoms in total. The Hall–Kier alpha value is -1.86. The molecule has 1 aromatic rings. The number of hydrogen-bond acceptors (Lipinski definition) is 5. The van der Waals surface area contributed by atoms with Gasteiger partial charge in [-0.05, 0) is 6.07 Å². The fourth-order valence-electron chi connectivity index (χ4n) is 1.77. The van der Waals surface area contributed by atoms with E-state index in [4.69, 9.17) is 15.7 Å². The average Bonchev–Trinajstić information content (AvgIpc) is 2.47. The van der Waals surface area contributed by atoms with Crippen LogP contribution in [0.15, 0.2) is 34.3 Å². The highest BCUT2D eigenvalue weighted by molar-refractivity contribution is 5.79. The molecule has 0 aliphatic rings. The lowest BCUT2D eigenvalue weighted by Gasteiger charge is -2.22. The van der Waals surface area contributed by atoms with Gasteiger partial charge in [-0.3, -0.25) is 9.69 Å². The van der Waals surface area contributed by atoms with Crippen LogP contribution in [0.2, 0.25) is 0 Å². The summed E-state index contributed by atoms with van der Waals surface area (Å²) < 4.78 is 6.72. The van der Waals surface area contributed by atoms with Gasteiger partial charge in [-0.25, -0.2) is 0 Å². The summed E-state index contributed by atoms with van der Waals surface area (Å²) in [5.41, 5.74) is 5.45. The first-order valence-electron chi connectivity index (χ1n) is 6.50. The molecular weight excluding hydrogens is 260 g/mol. The summed E-state index contributed by atoms with van der Waals surface area (Å²) in [7, 11) is 1.64. The lowest BCUT2D eigenvalue weighted by Crippen LogP contribution is -2.35. The molecule has 1 aromatic heterocycles. The third-order valence-electron chi connectivity index (χ3n) is 2.98. The first-order valence-corrected chi connectivity index (χ1v) is 6.50. The monoisotopic (exact) mass is 282 g/mol. The van der Waals surface area contributed by atoms with Gasteiger partial charge in [-0.15, -0.1) is 0 Å². The Labute approximate surface area is 118 Å². The summed E-state index contributed by atoms with van der Waals surface area (Å²) >= 11 is 0. The van der Waals surface area contributed by atoms with Crippen molar-refractivity contribution in [1.29, 1.82) is 0 Å². The van der Waals surface area contributed by atoms with Crippen LogP contribution in [0.3, 0.4) is 0 Å². The molecule has 7 heteroatoms. The number of rotatable bonds is 9. The second kappa shape index (κ2) is 9.11. The minimum atomic E-state index is -0.0179. The van der Waals surface area contributed by atoms with Crippen molar-refractivity contribution in [2.24, 2.45) is 10.9 Å². The van der Waals surface area contributed by atoms with Crippen LogP contribution in [-0.4, -0.2) is 53.9 Å². The van der Waals surface area contributed by atoms with E-state index in [2.05, 4.69) is 10.1 Å². The molecule has 0 aliphatic heterocycles. The molecule has 112 valence electrons. The predicted molar refractivity (Wildman–Crippen MR) is 77.0 cm³/mol. The molecule has 1 heterocycles. The van der Waals surface area contributed by atoms with E-state index in [9.17, 15) is 4.79 Å². The highest BCUT2D eigenvalue weighted by Gasteiger charge is 2.06. The zero-order chi connectivity index (χ0) is 14.8.